The molecular weight excluding hydrogens is 324 g/mol. The molecule has 0 aliphatic heterocycles. The SMILES string of the molecule is COc1cccc([C@@H](CNC(=O)Cn2[nH]c(=O)ccc2=O)N(C)C)c1. The quantitative estimate of drug-likeness (QED) is 0.734. The summed E-state index contributed by atoms with van der Waals surface area (Å²) in [6, 6.07) is 9.81. The molecule has 25 heavy (non-hydrogen) atoms. The van der Waals surface area contributed by atoms with Gasteiger partial charge in [-0.05, 0) is 31.8 Å². The van der Waals surface area contributed by atoms with Gasteiger partial charge in [0, 0.05) is 18.7 Å². The van der Waals surface area contributed by atoms with Crippen LogP contribution in [0.4, 0.5) is 0 Å². The summed E-state index contributed by atoms with van der Waals surface area (Å²) in [5, 5.41) is 5.12. The Hall–Kier alpha value is -2.87. The first-order chi connectivity index (χ1) is 11.9. The van der Waals surface area contributed by atoms with Crippen molar-refractivity contribution in [1.82, 2.24) is 20.0 Å². The fourth-order valence-corrected chi connectivity index (χ4v) is 2.44. The molecule has 0 saturated carbocycles. The van der Waals surface area contributed by atoms with E-state index in [1.54, 1.807) is 7.11 Å². The number of aromatic nitrogens is 2. The molecule has 0 saturated heterocycles. The van der Waals surface area contributed by atoms with Crippen LogP contribution in [0.15, 0.2) is 46.0 Å². The van der Waals surface area contributed by atoms with E-state index < -0.39 is 11.1 Å². The van der Waals surface area contributed by atoms with Crippen LogP contribution in [0.2, 0.25) is 0 Å². The number of nitrogens with zero attached hydrogens (tertiary/aromatic N) is 2. The number of aromatic amines is 1. The van der Waals surface area contributed by atoms with Crippen molar-refractivity contribution in [3.63, 3.8) is 0 Å². The number of carbonyl (C=O) groups excluding carboxylic acids is 1. The van der Waals surface area contributed by atoms with Gasteiger partial charge in [0.25, 0.3) is 11.1 Å². The van der Waals surface area contributed by atoms with E-state index in [1.165, 1.54) is 0 Å². The van der Waals surface area contributed by atoms with Crippen LogP contribution >= 0.6 is 0 Å². The van der Waals surface area contributed by atoms with Gasteiger partial charge in [0.05, 0.1) is 13.2 Å². The van der Waals surface area contributed by atoms with Crippen LogP contribution in [0.1, 0.15) is 11.6 Å². The second-order valence-electron chi connectivity index (χ2n) is 5.79. The third kappa shape index (κ3) is 5.05. The summed E-state index contributed by atoms with van der Waals surface area (Å²) in [6.07, 6.45) is 0. The first-order valence-electron chi connectivity index (χ1n) is 7.78. The Morgan fingerprint density at radius 1 is 1.28 bits per heavy atom. The minimum absolute atomic E-state index is 0.0643. The molecule has 1 amide bonds. The van der Waals surface area contributed by atoms with Crippen molar-refractivity contribution >= 4 is 5.91 Å². The highest BCUT2D eigenvalue weighted by atomic mass is 16.5. The second kappa shape index (κ2) is 8.29. The third-order valence-corrected chi connectivity index (χ3v) is 3.78. The molecule has 0 spiro atoms. The Morgan fingerprint density at radius 3 is 2.72 bits per heavy atom. The van der Waals surface area contributed by atoms with Crippen LogP contribution < -0.4 is 21.2 Å². The molecule has 2 aromatic rings. The van der Waals surface area contributed by atoms with E-state index >= 15 is 0 Å². The molecule has 1 aromatic heterocycles. The first-order valence-corrected chi connectivity index (χ1v) is 7.78. The monoisotopic (exact) mass is 346 g/mol. The van der Waals surface area contributed by atoms with Gasteiger partial charge >= 0.3 is 0 Å². The number of likely N-dealkylation sites (N-methyl/N-ethyl adjacent to an activating group) is 1. The molecule has 0 bridgehead atoms. The lowest BCUT2D eigenvalue weighted by molar-refractivity contribution is -0.122. The topological polar surface area (TPSA) is 96.4 Å². The van der Waals surface area contributed by atoms with E-state index in [4.69, 9.17) is 4.74 Å². The summed E-state index contributed by atoms with van der Waals surface area (Å²) in [7, 11) is 5.43. The van der Waals surface area contributed by atoms with Crippen LogP contribution in [0.5, 0.6) is 5.75 Å². The zero-order valence-electron chi connectivity index (χ0n) is 14.5. The van der Waals surface area contributed by atoms with Gasteiger partial charge < -0.3 is 15.0 Å². The normalized spacial score (nSPS) is 12.0. The number of methoxy groups -OCH3 is 1. The lowest BCUT2D eigenvalue weighted by Crippen LogP contribution is -2.39. The van der Waals surface area contributed by atoms with E-state index in [0.29, 0.717) is 6.54 Å². The smallest absolute Gasteiger partial charge is 0.265 e. The van der Waals surface area contributed by atoms with Crippen molar-refractivity contribution in [2.45, 2.75) is 12.6 Å². The number of hydrogen-bond acceptors (Lipinski definition) is 5. The molecule has 0 unspecified atom stereocenters. The Morgan fingerprint density at radius 2 is 2.04 bits per heavy atom. The minimum Gasteiger partial charge on any atom is -0.497 e. The average molecular weight is 346 g/mol. The summed E-state index contributed by atoms with van der Waals surface area (Å²) in [5.74, 6) is 0.378. The van der Waals surface area contributed by atoms with Gasteiger partial charge in [-0.3, -0.25) is 19.5 Å². The van der Waals surface area contributed by atoms with Gasteiger partial charge in [-0.1, -0.05) is 12.1 Å². The second-order valence-corrected chi connectivity index (χ2v) is 5.79. The number of amides is 1. The number of H-pyrrole nitrogens is 1. The molecule has 0 fully saturated rings. The van der Waals surface area contributed by atoms with Crippen molar-refractivity contribution in [3.8, 4) is 5.75 Å². The molecular formula is C17H22N4O4. The fraction of sp³-hybridized carbons (Fsp3) is 0.353. The highest BCUT2D eigenvalue weighted by molar-refractivity contribution is 5.75. The van der Waals surface area contributed by atoms with Gasteiger partial charge in [-0.2, -0.15) is 0 Å². The molecule has 1 aromatic carbocycles. The highest BCUT2D eigenvalue weighted by Crippen LogP contribution is 2.21. The fourth-order valence-electron chi connectivity index (χ4n) is 2.44. The van der Waals surface area contributed by atoms with Crippen LogP contribution in [0.3, 0.4) is 0 Å². The molecule has 1 atom stereocenters. The van der Waals surface area contributed by atoms with Gasteiger partial charge in [-0.25, -0.2) is 4.68 Å². The first kappa shape index (κ1) is 18.5. The van der Waals surface area contributed by atoms with Crippen molar-refractivity contribution in [3.05, 3.63) is 62.7 Å². The van der Waals surface area contributed by atoms with E-state index in [2.05, 4.69) is 10.4 Å². The summed E-state index contributed by atoms with van der Waals surface area (Å²) in [6.45, 7) is 0.109. The molecule has 2 N–H and O–H groups in total. The van der Waals surface area contributed by atoms with Crippen molar-refractivity contribution in [1.29, 1.82) is 0 Å². The lowest BCUT2D eigenvalue weighted by Gasteiger charge is -2.25. The Bertz CT molecular complexity index is 841. The van der Waals surface area contributed by atoms with Crippen molar-refractivity contribution < 1.29 is 9.53 Å². The van der Waals surface area contributed by atoms with Crippen LogP contribution in [0.25, 0.3) is 0 Å². The molecule has 0 aliphatic rings. The number of benzene rings is 1. The van der Waals surface area contributed by atoms with Crippen molar-refractivity contribution in [2.75, 3.05) is 27.7 Å². The maximum absolute atomic E-state index is 12.1. The lowest BCUT2D eigenvalue weighted by atomic mass is 10.1. The molecule has 2 rings (SSSR count). The summed E-state index contributed by atoms with van der Waals surface area (Å²) >= 11 is 0. The predicted molar refractivity (Wildman–Crippen MR) is 93.8 cm³/mol. The van der Waals surface area contributed by atoms with E-state index in [0.717, 1.165) is 28.1 Å². The molecule has 8 heteroatoms. The molecule has 0 radical (unpaired) electrons. The molecule has 134 valence electrons. The van der Waals surface area contributed by atoms with E-state index in [9.17, 15) is 14.4 Å². The van der Waals surface area contributed by atoms with Crippen LogP contribution in [0, 0.1) is 0 Å². The predicted octanol–water partition coefficient (Wildman–Crippen LogP) is -0.0357. The zero-order chi connectivity index (χ0) is 18.4. The summed E-state index contributed by atoms with van der Waals surface area (Å²) < 4.78 is 6.22. The highest BCUT2D eigenvalue weighted by Gasteiger charge is 2.16. The maximum atomic E-state index is 12.1. The third-order valence-electron chi connectivity index (χ3n) is 3.78. The number of hydrogen-bond donors (Lipinski definition) is 2. The zero-order valence-corrected chi connectivity index (χ0v) is 14.5. The average Bonchev–Trinajstić information content (AvgIpc) is 2.58. The number of nitrogens with one attached hydrogen (secondary N) is 2. The van der Waals surface area contributed by atoms with E-state index in [1.807, 2.05) is 43.3 Å². The largest absolute Gasteiger partial charge is 0.497 e. The maximum Gasteiger partial charge on any atom is 0.265 e. The van der Waals surface area contributed by atoms with Crippen LogP contribution in [-0.2, 0) is 11.3 Å². The Balaban J connectivity index is 2.05. The van der Waals surface area contributed by atoms with Gasteiger partial charge in [-0.15, -0.1) is 0 Å². The summed E-state index contributed by atoms with van der Waals surface area (Å²) in [5.41, 5.74) is 0.122. The minimum atomic E-state index is -0.438. The molecule has 1 heterocycles. The van der Waals surface area contributed by atoms with Crippen LogP contribution in [-0.4, -0.2) is 48.3 Å². The Kier molecular flexibility index (Phi) is 6.13. The van der Waals surface area contributed by atoms with Crippen molar-refractivity contribution in [2.24, 2.45) is 0 Å². The van der Waals surface area contributed by atoms with Gasteiger partial charge in [0.1, 0.15) is 12.3 Å². The van der Waals surface area contributed by atoms with Gasteiger partial charge in [0.15, 0.2) is 0 Å². The van der Waals surface area contributed by atoms with E-state index in [-0.39, 0.29) is 18.5 Å². The standard InChI is InChI=1S/C17H22N4O4/c1-20(2)14(12-5-4-6-13(9-12)25-3)10-18-16(23)11-21-17(24)8-7-15(22)19-21/h4-9,14H,10-11H2,1-3H3,(H,18,23)(H,19,22)/t14-/m1/s1. The number of carbonyl (C=O) groups is 1. The Labute approximate surface area is 145 Å². The molecule has 0 aliphatic carbocycles. The molecule has 8 nitrogen and oxygen atoms in total. The summed E-state index contributed by atoms with van der Waals surface area (Å²) in [4.78, 5) is 37.0. The number of ether oxygens (including phenoxy) is 1. The number of rotatable bonds is 7. The van der Waals surface area contributed by atoms with Gasteiger partial charge in [0.2, 0.25) is 5.91 Å².